The number of piperidine rings is 1. The quantitative estimate of drug-likeness (QED) is 0.392. The Morgan fingerprint density at radius 3 is 2.68 bits per heavy atom. The van der Waals surface area contributed by atoms with Crippen LogP contribution in [0.5, 0.6) is 0 Å². The lowest BCUT2D eigenvalue weighted by molar-refractivity contribution is -0.116. The topological polar surface area (TPSA) is 133 Å². The summed E-state index contributed by atoms with van der Waals surface area (Å²) >= 11 is 6.46. The van der Waals surface area contributed by atoms with Crippen LogP contribution in [-0.2, 0) is 24.9 Å². The summed E-state index contributed by atoms with van der Waals surface area (Å²) < 4.78 is 3.97. The number of anilines is 2. The molecule has 1 saturated heterocycles. The number of fused-ring (bicyclic) bond motifs is 1. The lowest BCUT2D eigenvalue weighted by Crippen LogP contribution is -2.44. The smallest absolute Gasteiger partial charge is 0.332 e. The number of hydrogen-bond acceptors (Lipinski definition) is 7. The highest BCUT2D eigenvalue weighted by atomic mass is 35.5. The van der Waals surface area contributed by atoms with Crippen molar-refractivity contribution in [1.29, 1.82) is 0 Å². The number of pyridine rings is 1. The summed E-state index contributed by atoms with van der Waals surface area (Å²) in [6.45, 7) is 1.07. The van der Waals surface area contributed by atoms with Gasteiger partial charge in [-0.25, -0.2) is 14.3 Å². The molecule has 1 aromatic carbocycles. The minimum absolute atomic E-state index is 0.0295. The van der Waals surface area contributed by atoms with Crippen molar-refractivity contribution in [2.45, 2.75) is 32.0 Å². The largest absolute Gasteiger partial charge is 0.341 e. The summed E-state index contributed by atoms with van der Waals surface area (Å²) in [5.74, 6) is 0.315. The van der Waals surface area contributed by atoms with Gasteiger partial charge in [-0.3, -0.25) is 18.7 Å². The van der Waals surface area contributed by atoms with E-state index in [0.29, 0.717) is 29.9 Å². The molecule has 192 valence electrons. The maximum absolute atomic E-state index is 13.8. The molecule has 0 radical (unpaired) electrons. The van der Waals surface area contributed by atoms with Crippen LogP contribution in [0.3, 0.4) is 0 Å². The predicted molar refractivity (Wildman–Crippen MR) is 142 cm³/mol. The zero-order valence-electron chi connectivity index (χ0n) is 20.3. The fourth-order valence-electron chi connectivity index (χ4n) is 4.64. The van der Waals surface area contributed by atoms with Crippen molar-refractivity contribution >= 4 is 40.4 Å². The molecule has 37 heavy (non-hydrogen) atoms. The first-order valence-electron chi connectivity index (χ1n) is 12.0. The molecule has 3 aromatic heterocycles. The van der Waals surface area contributed by atoms with E-state index in [1.54, 1.807) is 28.8 Å². The van der Waals surface area contributed by atoms with Crippen LogP contribution in [0.2, 0.25) is 5.02 Å². The standard InChI is InChI=1S/C25H27ClN8O3/c1-31-22-21(23(36)34(25(31)37)15-20(35)29-19-10-4-5-11-28-19)33(13-16-7-2-3-9-18(16)26)24(30-22)32-12-6-8-17(27)14-32/h2-5,7,9-11,17H,6,8,12-15,27H2,1H3,(H,28,29,35). The van der Waals surface area contributed by atoms with E-state index in [2.05, 4.69) is 10.3 Å². The van der Waals surface area contributed by atoms with Gasteiger partial charge in [-0.2, -0.15) is 4.98 Å². The minimum atomic E-state index is -0.641. The number of imidazole rings is 1. The van der Waals surface area contributed by atoms with E-state index < -0.39 is 23.7 Å². The molecular weight excluding hydrogens is 496 g/mol. The number of aryl methyl sites for hydroxylation is 1. The normalized spacial score (nSPS) is 15.8. The Kier molecular flexibility index (Phi) is 6.81. The van der Waals surface area contributed by atoms with Gasteiger partial charge in [0.2, 0.25) is 11.9 Å². The van der Waals surface area contributed by atoms with Gasteiger partial charge in [0, 0.05) is 37.4 Å². The van der Waals surface area contributed by atoms with Gasteiger partial charge in [0.15, 0.2) is 11.2 Å². The Balaban J connectivity index is 1.64. The molecule has 1 aliphatic rings. The maximum Gasteiger partial charge on any atom is 0.332 e. The summed E-state index contributed by atoms with van der Waals surface area (Å²) in [6, 6.07) is 12.4. The summed E-state index contributed by atoms with van der Waals surface area (Å²) in [4.78, 5) is 50.5. The summed E-state index contributed by atoms with van der Waals surface area (Å²) in [6.07, 6.45) is 3.32. The van der Waals surface area contributed by atoms with Crippen LogP contribution in [0.15, 0.2) is 58.3 Å². The molecule has 1 aliphatic heterocycles. The van der Waals surface area contributed by atoms with Gasteiger partial charge in [-0.15, -0.1) is 0 Å². The van der Waals surface area contributed by atoms with Crippen molar-refractivity contribution in [3.63, 3.8) is 0 Å². The average molecular weight is 523 g/mol. The first-order chi connectivity index (χ1) is 17.8. The van der Waals surface area contributed by atoms with Gasteiger partial charge in [-0.1, -0.05) is 35.9 Å². The van der Waals surface area contributed by atoms with Crippen LogP contribution in [-0.4, -0.2) is 48.7 Å². The molecule has 1 unspecified atom stereocenters. The molecule has 3 N–H and O–H groups in total. The summed E-state index contributed by atoms with van der Waals surface area (Å²) in [7, 11) is 1.54. The number of aromatic nitrogens is 5. The molecule has 12 heteroatoms. The highest BCUT2D eigenvalue weighted by Gasteiger charge is 2.27. The van der Waals surface area contributed by atoms with Gasteiger partial charge >= 0.3 is 5.69 Å². The number of hydrogen-bond donors (Lipinski definition) is 2. The number of nitrogens with two attached hydrogens (primary N) is 1. The Bertz CT molecular complexity index is 1580. The van der Waals surface area contributed by atoms with Gasteiger partial charge < -0.3 is 16.0 Å². The third kappa shape index (κ3) is 4.87. The lowest BCUT2D eigenvalue weighted by Gasteiger charge is -2.32. The van der Waals surface area contributed by atoms with E-state index in [-0.39, 0.29) is 23.8 Å². The Hall–Kier alpha value is -3.96. The van der Waals surface area contributed by atoms with Crippen LogP contribution < -0.4 is 27.2 Å². The first kappa shape index (κ1) is 24.7. The molecule has 4 aromatic rings. The molecular formula is C25H27ClN8O3. The minimum Gasteiger partial charge on any atom is -0.341 e. The average Bonchev–Trinajstić information content (AvgIpc) is 3.27. The van der Waals surface area contributed by atoms with Gasteiger partial charge in [-0.05, 0) is 36.6 Å². The number of nitrogens with one attached hydrogen (secondary N) is 1. The number of carbonyl (C=O) groups is 1. The predicted octanol–water partition coefficient (Wildman–Crippen LogP) is 1.56. The molecule has 0 bridgehead atoms. The fourth-order valence-corrected chi connectivity index (χ4v) is 4.84. The van der Waals surface area contributed by atoms with Crippen molar-refractivity contribution in [3.05, 3.63) is 80.1 Å². The highest BCUT2D eigenvalue weighted by Crippen LogP contribution is 2.26. The van der Waals surface area contributed by atoms with Crippen molar-refractivity contribution < 1.29 is 4.79 Å². The molecule has 5 rings (SSSR count). The molecule has 1 amide bonds. The van der Waals surface area contributed by atoms with Gasteiger partial charge in [0.05, 0.1) is 6.54 Å². The zero-order chi connectivity index (χ0) is 26.1. The highest BCUT2D eigenvalue weighted by molar-refractivity contribution is 6.31. The zero-order valence-corrected chi connectivity index (χ0v) is 21.1. The number of carbonyl (C=O) groups excluding carboxylic acids is 1. The van der Waals surface area contributed by atoms with Crippen LogP contribution in [0.25, 0.3) is 11.2 Å². The third-order valence-electron chi connectivity index (χ3n) is 6.47. The van der Waals surface area contributed by atoms with Crippen molar-refractivity contribution in [2.24, 2.45) is 12.8 Å². The van der Waals surface area contributed by atoms with Crippen molar-refractivity contribution in [1.82, 2.24) is 23.7 Å². The van der Waals surface area contributed by atoms with Crippen molar-refractivity contribution in [2.75, 3.05) is 23.3 Å². The number of benzene rings is 1. The number of rotatable bonds is 6. The van der Waals surface area contributed by atoms with E-state index in [1.165, 1.54) is 17.8 Å². The molecule has 0 spiro atoms. The molecule has 11 nitrogen and oxygen atoms in total. The van der Waals surface area contributed by atoms with E-state index >= 15 is 0 Å². The second-order valence-electron chi connectivity index (χ2n) is 9.11. The third-order valence-corrected chi connectivity index (χ3v) is 6.84. The first-order valence-corrected chi connectivity index (χ1v) is 12.4. The van der Waals surface area contributed by atoms with Crippen molar-refractivity contribution in [3.8, 4) is 0 Å². The lowest BCUT2D eigenvalue weighted by atomic mass is 10.1. The van der Waals surface area contributed by atoms with Crippen LogP contribution >= 0.6 is 11.6 Å². The van der Waals surface area contributed by atoms with Crippen LogP contribution in [0, 0.1) is 0 Å². The van der Waals surface area contributed by atoms with E-state index in [1.807, 2.05) is 23.1 Å². The van der Waals surface area contributed by atoms with Gasteiger partial charge in [0.1, 0.15) is 12.4 Å². The van der Waals surface area contributed by atoms with Crippen LogP contribution in [0.4, 0.5) is 11.8 Å². The van der Waals surface area contributed by atoms with E-state index in [9.17, 15) is 14.4 Å². The van der Waals surface area contributed by atoms with Gasteiger partial charge in [0.25, 0.3) is 5.56 Å². The Morgan fingerprint density at radius 1 is 1.16 bits per heavy atom. The summed E-state index contributed by atoms with van der Waals surface area (Å²) in [5, 5.41) is 3.16. The monoisotopic (exact) mass is 522 g/mol. The molecule has 1 atom stereocenters. The molecule has 0 aliphatic carbocycles. The summed E-state index contributed by atoms with van der Waals surface area (Å²) in [5.41, 5.74) is 6.22. The van der Waals surface area contributed by atoms with Crippen LogP contribution in [0.1, 0.15) is 18.4 Å². The number of halogens is 1. The number of nitrogens with zero attached hydrogens (tertiary/aromatic N) is 6. The second-order valence-corrected chi connectivity index (χ2v) is 9.51. The number of amides is 1. The second kappa shape index (κ2) is 10.2. The van der Waals surface area contributed by atoms with E-state index in [4.69, 9.17) is 22.3 Å². The molecule has 1 fully saturated rings. The molecule has 4 heterocycles. The fraction of sp³-hybridized carbons (Fsp3) is 0.320. The van der Waals surface area contributed by atoms with E-state index in [0.717, 1.165) is 23.0 Å². The molecule has 0 saturated carbocycles. The maximum atomic E-state index is 13.8. The Morgan fingerprint density at radius 2 is 1.95 bits per heavy atom. The SMILES string of the molecule is Cn1c(=O)n(CC(=O)Nc2ccccn2)c(=O)c2c1nc(N1CCCC(N)C1)n2Cc1ccccc1Cl. The Labute approximate surface area is 217 Å².